The fourth-order valence-corrected chi connectivity index (χ4v) is 3.07. The minimum atomic E-state index is -0.967. The second-order valence-electron chi connectivity index (χ2n) is 6.29. The summed E-state index contributed by atoms with van der Waals surface area (Å²) in [5.74, 6) is -0.637. The molecule has 25 heavy (non-hydrogen) atoms. The Labute approximate surface area is 153 Å². The van der Waals surface area contributed by atoms with Crippen LogP contribution in [0.3, 0.4) is 0 Å². The summed E-state index contributed by atoms with van der Waals surface area (Å²) in [5.41, 5.74) is 2.54. The molecule has 0 bridgehead atoms. The number of hydrogen-bond acceptors (Lipinski definition) is 2. The molecule has 1 unspecified atom stereocenters. The fraction of sp³-hybridized carbons (Fsp3) is 0.238. The van der Waals surface area contributed by atoms with Gasteiger partial charge in [-0.1, -0.05) is 55.0 Å². The van der Waals surface area contributed by atoms with E-state index in [0.29, 0.717) is 17.0 Å². The molecule has 4 heteroatoms. The predicted molar refractivity (Wildman–Crippen MR) is 101 cm³/mol. The second kappa shape index (κ2) is 8.63. The Hall–Kier alpha value is -2.39. The smallest absolute Gasteiger partial charge is 0.328 e. The summed E-state index contributed by atoms with van der Waals surface area (Å²) < 4.78 is 0. The monoisotopic (exact) mass is 356 g/mol. The Morgan fingerprint density at radius 1 is 1.32 bits per heavy atom. The highest BCUT2D eigenvalue weighted by atomic mass is 35.5. The van der Waals surface area contributed by atoms with E-state index in [2.05, 4.69) is 0 Å². The van der Waals surface area contributed by atoms with E-state index in [1.54, 1.807) is 19.1 Å². The largest absolute Gasteiger partial charge is 0.478 e. The van der Waals surface area contributed by atoms with Crippen molar-refractivity contribution < 1.29 is 14.7 Å². The Kier molecular flexibility index (Phi) is 6.54. The van der Waals surface area contributed by atoms with Crippen LogP contribution in [0.1, 0.15) is 25.8 Å². The van der Waals surface area contributed by atoms with Gasteiger partial charge in [0.1, 0.15) is 0 Å². The van der Waals surface area contributed by atoms with Gasteiger partial charge >= 0.3 is 5.97 Å². The Morgan fingerprint density at radius 2 is 2.08 bits per heavy atom. The molecule has 0 aromatic heterocycles. The standard InChI is InChI=1S/C21H21ClO3/c1-14(10-21(24)25)6-9-20-15(2)11-19(23)13-17(20)8-7-16-4-3-5-18(22)12-16/h3-10,12-13,15,20H,11H2,1-2H3,(H,24,25)/b8-7+,9-6+,14-10-/t15?,20-/m1/s1. The first kappa shape index (κ1) is 18.9. The van der Waals surface area contributed by atoms with Gasteiger partial charge in [0.2, 0.25) is 0 Å². The third kappa shape index (κ3) is 5.87. The maximum absolute atomic E-state index is 11.9. The third-order valence-corrected chi connectivity index (χ3v) is 4.32. The van der Waals surface area contributed by atoms with Crippen molar-refractivity contribution in [3.63, 3.8) is 0 Å². The number of halogens is 1. The number of carbonyl (C=O) groups excluding carboxylic acids is 1. The minimum Gasteiger partial charge on any atom is -0.478 e. The highest BCUT2D eigenvalue weighted by Gasteiger charge is 2.24. The van der Waals surface area contributed by atoms with E-state index in [4.69, 9.17) is 16.7 Å². The summed E-state index contributed by atoms with van der Waals surface area (Å²) in [6.07, 6.45) is 11.0. The molecular formula is C21H21ClO3. The molecule has 0 radical (unpaired) electrons. The van der Waals surface area contributed by atoms with Crippen LogP contribution in [-0.4, -0.2) is 16.9 Å². The van der Waals surface area contributed by atoms with Crippen molar-refractivity contribution in [2.24, 2.45) is 11.8 Å². The number of carboxylic acid groups (broad SMARTS) is 1. The molecular weight excluding hydrogens is 336 g/mol. The summed E-state index contributed by atoms with van der Waals surface area (Å²) >= 11 is 6.00. The molecule has 130 valence electrons. The maximum atomic E-state index is 11.9. The molecule has 0 saturated heterocycles. The zero-order chi connectivity index (χ0) is 18.4. The molecule has 1 aromatic carbocycles. The molecule has 2 atom stereocenters. The van der Waals surface area contributed by atoms with Gasteiger partial charge in [-0.15, -0.1) is 0 Å². The molecule has 3 nitrogen and oxygen atoms in total. The lowest BCUT2D eigenvalue weighted by Crippen LogP contribution is -2.20. The zero-order valence-corrected chi connectivity index (χ0v) is 15.0. The van der Waals surface area contributed by atoms with Crippen LogP contribution in [0.5, 0.6) is 0 Å². The number of allylic oxidation sites excluding steroid dienone is 6. The Bertz CT molecular complexity index is 784. The molecule has 0 saturated carbocycles. The molecule has 0 spiro atoms. The van der Waals surface area contributed by atoms with Crippen molar-refractivity contribution in [1.29, 1.82) is 0 Å². The predicted octanol–water partition coefficient (Wildman–Crippen LogP) is 5.09. The molecule has 1 aliphatic rings. The van der Waals surface area contributed by atoms with E-state index < -0.39 is 5.97 Å². The molecule has 1 N–H and O–H groups in total. The first-order valence-electron chi connectivity index (χ1n) is 8.12. The quantitative estimate of drug-likeness (QED) is 0.590. The van der Waals surface area contributed by atoms with Crippen LogP contribution in [0.4, 0.5) is 0 Å². The third-order valence-electron chi connectivity index (χ3n) is 4.08. The molecule has 0 aliphatic heterocycles. The maximum Gasteiger partial charge on any atom is 0.328 e. The van der Waals surface area contributed by atoms with Gasteiger partial charge < -0.3 is 5.11 Å². The Morgan fingerprint density at radius 3 is 2.76 bits per heavy atom. The lowest BCUT2D eigenvalue weighted by molar-refractivity contribution is -0.131. The van der Waals surface area contributed by atoms with Gasteiger partial charge in [-0.3, -0.25) is 4.79 Å². The van der Waals surface area contributed by atoms with Gasteiger partial charge in [0.25, 0.3) is 0 Å². The van der Waals surface area contributed by atoms with Crippen molar-refractivity contribution in [2.45, 2.75) is 20.3 Å². The van der Waals surface area contributed by atoms with Gasteiger partial charge in [-0.25, -0.2) is 4.79 Å². The van der Waals surface area contributed by atoms with E-state index in [-0.39, 0.29) is 17.6 Å². The van der Waals surface area contributed by atoms with E-state index in [1.807, 2.05) is 49.4 Å². The normalized spacial score (nSPS) is 21.8. The van der Waals surface area contributed by atoms with Gasteiger partial charge in [0.15, 0.2) is 5.78 Å². The highest BCUT2D eigenvalue weighted by Crippen LogP contribution is 2.31. The number of carbonyl (C=O) groups is 2. The summed E-state index contributed by atoms with van der Waals surface area (Å²) in [7, 11) is 0. The average Bonchev–Trinajstić information content (AvgIpc) is 2.51. The van der Waals surface area contributed by atoms with Crippen molar-refractivity contribution in [2.75, 3.05) is 0 Å². The highest BCUT2D eigenvalue weighted by molar-refractivity contribution is 6.30. The number of aliphatic carboxylic acids is 1. The van der Waals surface area contributed by atoms with Crippen LogP contribution in [-0.2, 0) is 9.59 Å². The van der Waals surface area contributed by atoms with Gasteiger partial charge in [-0.2, -0.15) is 0 Å². The number of hydrogen-bond donors (Lipinski definition) is 1. The lowest BCUT2D eigenvalue weighted by atomic mass is 9.78. The summed E-state index contributed by atoms with van der Waals surface area (Å²) in [5, 5.41) is 9.47. The van der Waals surface area contributed by atoms with Gasteiger partial charge in [0.05, 0.1) is 0 Å². The SMILES string of the molecule is CC(=C/C(=O)O)/C=C/[C@H]1C(/C=C/c2cccc(Cl)c2)=CC(=O)CC1C. The van der Waals surface area contributed by atoms with E-state index in [1.165, 1.54) is 6.08 Å². The number of rotatable bonds is 5. The van der Waals surface area contributed by atoms with Crippen LogP contribution in [0.25, 0.3) is 6.08 Å². The van der Waals surface area contributed by atoms with Crippen LogP contribution in [0.2, 0.25) is 5.02 Å². The zero-order valence-electron chi connectivity index (χ0n) is 14.3. The first-order chi connectivity index (χ1) is 11.8. The van der Waals surface area contributed by atoms with E-state index in [9.17, 15) is 9.59 Å². The topological polar surface area (TPSA) is 54.4 Å². The fourth-order valence-electron chi connectivity index (χ4n) is 2.87. The summed E-state index contributed by atoms with van der Waals surface area (Å²) in [6.45, 7) is 3.78. The summed E-state index contributed by atoms with van der Waals surface area (Å²) in [6, 6.07) is 7.49. The van der Waals surface area contributed by atoms with Crippen molar-refractivity contribution in [1.82, 2.24) is 0 Å². The molecule has 0 amide bonds. The minimum absolute atomic E-state index is 0.0604. The first-order valence-corrected chi connectivity index (χ1v) is 8.50. The van der Waals surface area contributed by atoms with Crippen LogP contribution in [0, 0.1) is 11.8 Å². The van der Waals surface area contributed by atoms with Crippen molar-refractivity contribution in [3.05, 3.63) is 76.4 Å². The second-order valence-corrected chi connectivity index (χ2v) is 6.73. The number of ketones is 1. The number of carboxylic acids is 1. The van der Waals surface area contributed by atoms with Crippen molar-refractivity contribution >= 4 is 29.4 Å². The van der Waals surface area contributed by atoms with E-state index in [0.717, 1.165) is 11.1 Å². The molecule has 0 heterocycles. The number of benzene rings is 1. The summed E-state index contributed by atoms with van der Waals surface area (Å²) in [4.78, 5) is 22.7. The molecule has 1 aliphatic carbocycles. The molecule has 1 aromatic rings. The van der Waals surface area contributed by atoms with Crippen LogP contribution in [0.15, 0.2) is 65.8 Å². The molecule has 2 rings (SSSR count). The van der Waals surface area contributed by atoms with Crippen LogP contribution < -0.4 is 0 Å². The van der Waals surface area contributed by atoms with Crippen molar-refractivity contribution in [3.8, 4) is 0 Å². The molecule has 0 fully saturated rings. The average molecular weight is 357 g/mol. The van der Waals surface area contributed by atoms with Gasteiger partial charge in [0, 0.05) is 23.4 Å². The van der Waals surface area contributed by atoms with E-state index >= 15 is 0 Å². The van der Waals surface area contributed by atoms with Gasteiger partial charge in [-0.05, 0) is 47.8 Å². The van der Waals surface area contributed by atoms with Crippen LogP contribution >= 0.6 is 11.6 Å². The Balaban J connectivity index is 2.26. The lowest BCUT2D eigenvalue weighted by Gasteiger charge is -2.25.